The highest BCUT2D eigenvalue weighted by atomic mass is 19.3. The Hall–Kier alpha value is -1.58. The second-order valence-electron chi connectivity index (χ2n) is 6.47. The molecule has 7 nitrogen and oxygen atoms in total. The van der Waals surface area contributed by atoms with Crippen LogP contribution in [-0.4, -0.2) is 43.5 Å². The van der Waals surface area contributed by atoms with Crippen LogP contribution >= 0.6 is 0 Å². The molecule has 1 aromatic rings. The number of halogens is 2. The van der Waals surface area contributed by atoms with Crippen molar-refractivity contribution in [2.45, 2.75) is 50.5 Å². The summed E-state index contributed by atoms with van der Waals surface area (Å²) in [5.41, 5.74) is -1.93. The summed E-state index contributed by atoms with van der Waals surface area (Å²) in [4.78, 5) is 15.6. The van der Waals surface area contributed by atoms with Gasteiger partial charge in [0, 0.05) is 6.20 Å². The van der Waals surface area contributed by atoms with Crippen LogP contribution < -0.4 is 11.4 Å². The molecule has 0 bridgehead atoms. The van der Waals surface area contributed by atoms with Gasteiger partial charge >= 0.3 is 5.69 Å². The van der Waals surface area contributed by atoms with Crippen molar-refractivity contribution in [1.29, 1.82) is 0 Å². The Balaban J connectivity index is 2.70. The second kappa shape index (κ2) is 4.96. The molecular formula is C14H21F2N3O4. The monoisotopic (exact) mass is 333 g/mol. The van der Waals surface area contributed by atoms with Crippen molar-refractivity contribution in [2.75, 3.05) is 12.3 Å². The fraction of sp³-hybridized carbons (Fsp3) is 0.714. The molecule has 4 atom stereocenters. The Morgan fingerprint density at radius 3 is 2.48 bits per heavy atom. The van der Waals surface area contributed by atoms with Crippen LogP contribution in [0.5, 0.6) is 0 Å². The van der Waals surface area contributed by atoms with Crippen molar-refractivity contribution in [3.05, 3.63) is 22.7 Å². The van der Waals surface area contributed by atoms with E-state index in [2.05, 4.69) is 4.98 Å². The fourth-order valence-electron chi connectivity index (χ4n) is 2.95. The molecular weight excluding hydrogens is 312 g/mol. The lowest BCUT2D eigenvalue weighted by Gasteiger charge is -2.58. The van der Waals surface area contributed by atoms with Gasteiger partial charge in [0.25, 0.3) is 5.92 Å². The molecule has 0 saturated carbocycles. The van der Waals surface area contributed by atoms with E-state index in [9.17, 15) is 23.8 Å². The molecule has 2 rings (SSSR count). The Morgan fingerprint density at radius 1 is 1.43 bits per heavy atom. The van der Waals surface area contributed by atoms with Gasteiger partial charge in [-0.1, -0.05) is 6.92 Å². The minimum Gasteiger partial charge on any atom is -0.393 e. The van der Waals surface area contributed by atoms with Crippen LogP contribution in [0, 0.1) is 5.92 Å². The summed E-state index contributed by atoms with van der Waals surface area (Å²) < 4.78 is 36.3. The maximum atomic E-state index is 14.8. The maximum absolute atomic E-state index is 14.8. The zero-order valence-corrected chi connectivity index (χ0v) is 13.4. The highest BCUT2D eigenvalue weighted by Gasteiger charge is 2.72. The molecule has 0 aliphatic carbocycles. The first kappa shape index (κ1) is 17.8. The molecule has 4 unspecified atom stereocenters. The van der Waals surface area contributed by atoms with E-state index >= 15 is 0 Å². The van der Waals surface area contributed by atoms with E-state index in [1.165, 1.54) is 26.1 Å². The molecule has 2 heterocycles. The van der Waals surface area contributed by atoms with Gasteiger partial charge in [-0.2, -0.15) is 4.98 Å². The molecule has 0 aromatic carbocycles. The predicted molar refractivity (Wildman–Crippen MR) is 77.9 cm³/mol. The normalized spacial score (nSPS) is 40.1. The van der Waals surface area contributed by atoms with Gasteiger partial charge in [-0.15, -0.1) is 0 Å². The van der Waals surface area contributed by atoms with Gasteiger partial charge in [0.1, 0.15) is 11.4 Å². The molecule has 1 aliphatic rings. The van der Waals surface area contributed by atoms with Crippen molar-refractivity contribution in [2.24, 2.45) is 5.92 Å². The molecule has 0 radical (unpaired) electrons. The van der Waals surface area contributed by atoms with Crippen molar-refractivity contribution in [1.82, 2.24) is 9.55 Å². The van der Waals surface area contributed by atoms with Crippen LogP contribution in [0.25, 0.3) is 0 Å². The van der Waals surface area contributed by atoms with E-state index < -0.39 is 41.1 Å². The van der Waals surface area contributed by atoms with Gasteiger partial charge in [0.15, 0.2) is 11.3 Å². The number of nitrogen functional groups attached to an aromatic ring is 1. The number of rotatable bonds is 2. The topological polar surface area (TPSA) is 111 Å². The Kier molecular flexibility index (Phi) is 3.83. The van der Waals surface area contributed by atoms with Crippen LogP contribution in [0.3, 0.4) is 0 Å². The zero-order chi connectivity index (χ0) is 17.8. The Morgan fingerprint density at radius 2 is 2.00 bits per heavy atom. The van der Waals surface area contributed by atoms with Gasteiger partial charge in [-0.25, -0.2) is 13.6 Å². The summed E-state index contributed by atoms with van der Waals surface area (Å²) in [7, 11) is 0. The number of anilines is 1. The first-order chi connectivity index (χ1) is 10.3. The van der Waals surface area contributed by atoms with Gasteiger partial charge < -0.3 is 20.7 Å². The quantitative estimate of drug-likeness (QED) is 0.718. The number of ether oxygens (including phenoxy) is 1. The third-order valence-electron chi connectivity index (χ3n) is 5.06. The van der Waals surface area contributed by atoms with Crippen LogP contribution in [0.15, 0.2) is 17.1 Å². The predicted octanol–water partition coefficient (Wildman–Crippen LogP) is 0.302. The Bertz CT molecular complexity index is 671. The number of hydrogen-bond donors (Lipinski definition) is 3. The van der Waals surface area contributed by atoms with Gasteiger partial charge in [-0.3, -0.25) is 4.57 Å². The third-order valence-corrected chi connectivity index (χ3v) is 5.06. The number of aliphatic hydroxyl groups excluding tert-OH is 1. The highest BCUT2D eigenvalue weighted by Crippen LogP contribution is 2.55. The molecule has 23 heavy (non-hydrogen) atoms. The number of aliphatic hydroxyl groups is 2. The van der Waals surface area contributed by atoms with Gasteiger partial charge in [0.05, 0.1) is 12.5 Å². The minimum atomic E-state index is -3.65. The summed E-state index contributed by atoms with van der Waals surface area (Å²) in [5, 5.41) is 19.9. The van der Waals surface area contributed by atoms with E-state index in [4.69, 9.17) is 10.5 Å². The van der Waals surface area contributed by atoms with Crippen molar-refractivity contribution < 1.29 is 23.7 Å². The number of nitrogens with two attached hydrogens (primary N) is 1. The molecule has 9 heteroatoms. The number of hydrogen-bond acceptors (Lipinski definition) is 6. The summed E-state index contributed by atoms with van der Waals surface area (Å²) >= 11 is 0. The van der Waals surface area contributed by atoms with Crippen molar-refractivity contribution >= 4 is 5.82 Å². The number of nitrogens with zero attached hydrogens (tertiary/aromatic N) is 2. The smallest absolute Gasteiger partial charge is 0.351 e. The molecule has 1 aromatic heterocycles. The molecule has 130 valence electrons. The van der Waals surface area contributed by atoms with Gasteiger partial charge in [-0.05, 0) is 26.8 Å². The minimum absolute atomic E-state index is 0.0537. The van der Waals surface area contributed by atoms with E-state index in [-0.39, 0.29) is 5.82 Å². The summed E-state index contributed by atoms with van der Waals surface area (Å²) in [6, 6.07) is 1.28. The molecule has 1 fully saturated rings. The first-order valence-electron chi connectivity index (χ1n) is 7.10. The van der Waals surface area contributed by atoms with Crippen molar-refractivity contribution in [3.8, 4) is 0 Å². The standard InChI is InChI=1S/C14H21F2N3O4/c1-8-12(3,19-6-5-9(17)18-10(19)21)23-11(2,7-20)13(4,22)14(8,15)16/h5-6,8,20,22H,7H2,1-4H3,(H2,17,18,21). The second-order valence-corrected chi connectivity index (χ2v) is 6.47. The fourth-order valence-corrected chi connectivity index (χ4v) is 2.95. The summed E-state index contributed by atoms with van der Waals surface area (Å²) in [6.07, 6.45) is 1.20. The number of alkyl halides is 2. The SMILES string of the molecule is CC1C(C)(n2ccc(N)nc2=O)OC(C)(CO)C(C)(O)C1(F)F. The lowest BCUT2D eigenvalue weighted by molar-refractivity contribution is -0.398. The summed E-state index contributed by atoms with van der Waals surface area (Å²) in [6.45, 7) is 3.65. The number of aromatic nitrogens is 2. The average Bonchev–Trinajstić information content (AvgIpc) is 2.44. The van der Waals surface area contributed by atoms with Crippen LogP contribution in [0.4, 0.5) is 14.6 Å². The lowest BCUT2D eigenvalue weighted by atomic mass is 9.70. The third kappa shape index (κ3) is 2.18. The molecule has 1 saturated heterocycles. The first-order valence-corrected chi connectivity index (χ1v) is 7.10. The van der Waals surface area contributed by atoms with Crippen LogP contribution in [0.1, 0.15) is 27.7 Å². The molecule has 4 N–H and O–H groups in total. The van der Waals surface area contributed by atoms with E-state index in [1.54, 1.807) is 0 Å². The van der Waals surface area contributed by atoms with Crippen LogP contribution in [0.2, 0.25) is 0 Å². The van der Waals surface area contributed by atoms with E-state index in [0.717, 1.165) is 18.4 Å². The lowest BCUT2D eigenvalue weighted by Crippen LogP contribution is -2.76. The summed E-state index contributed by atoms with van der Waals surface area (Å²) in [5.74, 6) is -5.30. The molecule has 0 amide bonds. The maximum Gasteiger partial charge on any atom is 0.351 e. The Labute approximate surface area is 131 Å². The van der Waals surface area contributed by atoms with Gasteiger partial charge in [0.2, 0.25) is 0 Å². The molecule has 0 spiro atoms. The highest BCUT2D eigenvalue weighted by molar-refractivity contribution is 5.24. The van der Waals surface area contributed by atoms with Crippen molar-refractivity contribution in [3.63, 3.8) is 0 Å². The zero-order valence-electron chi connectivity index (χ0n) is 13.4. The van der Waals surface area contributed by atoms with E-state index in [1.807, 2.05) is 0 Å². The van der Waals surface area contributed by atoms with Crippen LogP contribution in [-0.2, 0) is 10.5 Å². The van der Waals surface area contributed by atoms with E-state index in [0.29, 0.717) is 0 Å². The molecule has 1 aliphatic heterocycles. The largest absolute Gasteiger partial charge is 0.393 e. The average molecular weight is 333 g/mol.